The van der Waals surface area contributed by atoms with Crippen molar-refractivity contribution in [2.45, 2.75) is 6.54 Å². The van der Waals surface area contributed by atoms with Gasteiger partial charge in [-0.05, 0) is 12.1 Å². The van der Waals surface area contributed by atoms with Crippen molar-refractivity contribution < 1.29 is 14.7 Å². The summed E-state index contributed by atoms with van der Waals surface area (Å²) in [5.41, 5.74) is 7.83. The van der Waals surface area contributed by atoms with Crippen LogP contribution in [0.4, 0.5) is 0 Å². The van der Waals surface area contributed by atoms with Crippen LogP contribution in [0.25, 0.3) is 0 Å². The van der Waals surface area contributed by atoms with Gasteiger partial charge in [-0.25, -0.2) is 0 Å². The zero-order chi connectivity index (χ0) is 11.3. The van der Waals surface area contributed by atoms with Crippen LogP contribution in [0, 0.1) is 0 Å². The van der Waals surface area contributed by atoms with Crippen molar-refractivity contribution in [3.63, 3.8) is 0 Å². The highest BCUT2D eigenvalue weighted by Gasteiger charge is 2.05. The molecule has 0 bridgehead atoms. The maximum absolute atomic E-state index is 10.3. The van der Waals surface area contributed by atoms with Gasteiger partial charge in [-0.2, -0.15) is 5.48 Å². The second-order valence-electron chi connectivity index (χ2n) is 2.81. The summed E-state index contributed by atoms with van der Waals surface area (Å²) in [6, 6.07) is 4.79. The molecule has 0 saturated carbocycles. The largest absolute Gasteiger partial charge is 0.508 e. The summed E-state index contributed by atoms with van der Waals surface area (Å²) in [4.78, 5) is 15.0. The molecule has 4 N–H and O–H groups in total. The Morgan fingerprint density at radius 2 is 2.33 bits per heavy atom. The van der Waals surface area contributed by atoms with Gasteiger partial charge >= 0.3 is 0 Å². The average Bonchev–Trinajstić information content (AvgIpc) is 2.15. The molecule has 0 atom stereocenters. The first-order valence-corrected chi connectivity index (χ1v) is 4.58. The number of phenols is 1. The molecule has 0 aromatic heterocycles. The number of nitrogens with two attached hydrogens (primary N) is 1. The molecule has 0 aliphatic rings. The van der Waals surface area contributed by atoms with Crippen LogP contribution in [0.1, 0.15) is 5.56 Å². The van der Waals surface area contributed by atoms with Crippen LogP contribution < -0.4 is 11.2 Å². The first-order chi connectivity index (χ1) is 7.11. The number of rotatable bonds is 5. The number of aromatic hydroxyl groups is 1. The average molecular weight is 231 g/mol. The van der Waals surface area contributed by atoms with Crippen molar-refractivity contribution in [1.29, 1.82) is 0 Å². The molecule has 0 aliphatic heterocycles. The van der Waals surface area contributed by atoms with Crippen molar-refractivity contribution in [1.82, 2.24) is 5.48 Å². The first kappa shape index (κ1) is 11.8. The quantitative estimate of drug-likeness (QED) is 0.510. The fourth-order valence-corrected chi connectivity index (χ4v) is 1.20. The summed E-state index contributed by atoms with van der Waals surface area (Å²) in [6.45, 7) is -0.0377. The minimum atomic E-state index is -0.578. The molecule has 1 rings (SSSR count). The highest BCUT2D eigenvalue weighted by Crippen LogP contribution is 2.24. The number of hydroxylamine groups is 1. The van der Waals surface area contributed by atoms with Crippen LogP contribution in [0.3, 0.4) is 0 Å². The fraction of sp³-hybridized carbons (Fsp3) is 0.222. The molecule has 1 aromatic carbocycles. The lowest BCUT2D eigenvalue weighted by Gasteiger charge is -2.07. The topological polar surface area (TPSA) is 84.6 Å². The normalized spacial score (nSPS) is 10.2. The number of primary amides is 1. The Hall–Kier alpha value is -1.30. The molecular weight excluding hydrogens is 220 g/mol. The molecule has 15 heavy (non-hydrogen) atoms. The predicted octanol–water partition coefficient (Wildman–Crippen LogP) is 0.552. The zero-order valence-electron chi connectivity index (χ0n) is 7.87. The van der Waals surface area contributed by atoms with E-state index in [9.17, 15) is 9.90 Å². The minimum absolute atomic E-state index is 0.0673. The SMILES string of the molecule is NC(=O)CONCc1c(O)cccc1Cl. The molecular formula is C9H11ClN2O3. The molecule has 0 saturated heterocycles. The second-order valence-corrected chi connectivity index (χ2v) is 3.22. The fourth-order valence-electron chi connectivity index (χ4n) is 0.968. The van der Waals surface area contributed by atoms with E-state index >= 15 is 0 Å². The standard InChI is InChI=1S/C9H11ClN2O3/c10-7-2-1-3-8(13)6(7)4-12-15-5-9(11)14/h1-3,12-13H,4-5H2,(H2,11,14). The van der Waals surface area contributed by atoms with E-state index in [0.717, 1.165) is 0 Å². The smallest absolute Gasteiger partial charge is 0.245 e. The van der Waals surface area contributed by atoms with Gasteiger partial charge in [0.25, 0.3) is 0 Å². The van der Waals surface area contributed by atoms with Crippen molar-refractivity contribution in [2.75, 3.05) is 6.61 Å². The molecule has 0 heterocycles. The van der Waals surface area contributed by atoms with E-state index in [1.165, 1.54) is 6.07 Å². The van der Waals surface area contributed by atoms with Crippen molar-refractivity contribution in [3.05, 3.63) is 28.8 Å². The number of halogens is 1. The van der Waals surface area contributed by atoms with Gasteiger partial charge in [0.2, 0.25) is 5.91 Å². The van der Waals surface area contributed by atoms with Gasteiger partial charge in [0.05, 0.1) is 6.54 Å². The van der Waals surface area contributed by atoms with E-state index in [1.807, 2.05) is 0 Å². The van der Waals surface area contributed by atoms with Crippen LogP contribution in [0.15, 0.2) is 18.2 Å². The third kappa shape index (κ3) is 3.75. The van der Waals surface area contributed by atoms with Gasteiger partial charge in [0, 0.05) is 10.6 Å². The van der Waals surface area contributed by atoms with Gasteiger partial charge in [-0.3, -0.25) is 9.63 Å². The zero-order valence-corrected chi connectivity index (χ0v) is 8.62. The number of carbonyl (C=O) groups excluding carboxylic acids is 1. The van der Waals surface area contributed by atoms with Crippen LogP contribution in [0.5, 0.6) is 5.75 Å². The minimum Gasteiger partial charge on any atom is -0.508 e. The van der Waals surface area contributed by atoms with Crippen LogP contribution in [-0.4, -0.2) is 17.6 Å². The van der Waals surface area contributed by atoms with Gasteiger partial charge in [0.15, 0.2) is 0 Å². The van der Waals surface area contributed by atoms with Crippen molar-refractivity contribution in [2.24, 2.45) is 5.73 Å². The summed E-state index contributed by atoms with van der Waals surface area (Å²) in [5.74, 6) is -0.511. The molecule has 0 aliphatic carbocycles. The number of hydrogen-bond acceptors (Lipinski definition) is 4. The Morgan fingerprint density at radius 3 is 2.93 bits per heavy atom. The van der Waals surface area contributed by atoms with Crippen molar-refractivity contribution >= 4 is 17.5 Å². The summed E-state index contributed by atoms with van der Waals surface area (Å²) < 4.78 is 0. The third-order valence-corrected chi connectivity index (χ3v) is 2.01. The van der Waals surface area contributed by atoms with Gasteiger partial charge in [-0.15, -0.1) is 0 Å². The number of carbonyl (C=O) groups is 1. The summed E-state index contributed by atoms with van der Waals surface area (Å²) >= 11 is 5.82. The van der Waals surface area contributed by atoms with Gasteiger partial charge < -0.3 is 10.8 Å². The van der Waals surface area contributed by atoms with E-state index < -0.39 is 5.91 Å². The number of amides is 1. The van der Waals surface area contributed by atoms with Crippen LogP contribution >= 0.6 is 11.6 Å². The van der Waals surface area contributed by atoms with E-state index in [1.54, 1.807) is 12.1 Å². The van der Waals surface area contributed by atoms with Gasteiger partial charge in [-0.1, -0.05) is 17.7 Å². The number of phenolic OH excluding ortho intramolecular Hbond substituents is 1. The Labute approximate surface area is 91.7 Å². The summed E-state index contributed by atoms with van der Waals surface area (Å²) in [7, 11) is 0. The molecule has 0 unspecified atom stereocenters. The monoisotopic (exact) mass is 230 g/mol. The predicted molar refractivity (Wildman–Crippen MR) is 55.1 cm³/mol. The number of hydrogen-bond donors (Lipinski definition) is 3. The molecule has 1 aromatic rings. The summed E-state index contributed by atoms with van der Waals surface area (Å²) in [6.07, 6.45) is 0. The molecule has 1 amide bonds. The van der Waals surface area contributed by atoms with E-state index in [4.69, 9.17) is 22.2 Å². The number of nitrogens with one attached hydrogen (secondary N) is 1. The van der Waals surface area contributed by atoms with Crippen LogP contribution in [-0.2, 0) is 16.2 Å². The van der Waals surface area contributed by atoms with E-state index in [2.05, 4.69) is 5.48 Å². The summed E-state index contributed by atoms with van der Waals surface area (Å²) in [5, 5.41) is 9.85. The molecule has 5 nitrogen and oxygen atoms in total. The molecule has 0 radical (unpaired) electrons. The Bertz CT molecular complexity index is 337. The lowest BCUT2D eigenvalue weighted by atomic mass is 10.2. The van der Waals surface area contributed by atoms with Crippen molar-refractivity contribution in [3.8, 4) is 5.75 Å². The number of benzene rings is 1. The lowest BCUT2D eigenvalue weighted by Crippen LogP contribution is -2.24. The first-order valence-electron chi connectivity index (χ1n) is 4.20. The maximum Gasteiger partial charge on any atom is 0.245 e. The highest BCUT2D eigenvalue weighted by atomic mass is 35.5. The molecule has 0 spiro atoms. The Kier molecular flexibility index (Phi) is 4.36. The van der Waals surface area contributed by atoms with Gasteiger partial charge in [0.1, 0.15) is 12.4 Å². The third-order valence-electron chi connectivity index (χ3n) is 1.66. The maximum atomic E-state index is 10.3. The molecule has 6 heteroatoms. The lowest BCUT2D eigenvalue weighted by molar-refractivity contribution is -0.125. The second kappa shape index (κ2) is 5.55. The van der Waals surface area contributed by atoms with Crippen LogP contribution in [0.2, 0.25) is 5.02 Å². The van der Waals surface area contributed by atoms with E-state index in [-0.39, 0.29) is 18.9 Å². The molecule has 0 fully saturated rings. The highest BCUT2D eigenvalue weighted by molar-refractivity contribution is 6.31. The Balaban J connectivity index is 2.47. The molecule has 82 valence electrons. The van der Waals surface area contributed by atoms with E-state index in [0.29, 0.717) is 10.6 Å². The Morgan fingerprint density at radius 1 is 1.60 bits per heavy atom.